The van der Waals surface area contributed by atoms with Crippen LogP contribution in [0.2, 0.25) is 0 Å². The average Bonchev–Trinajstić information content (AvgIpc) is 1.61. The summed E-state index contributed by atoms with van der Waals surface area (Å²) in [7, 11) is 0. The van der Waals surface area contributed by atoms with Crippen molar-refractivity contribution in [2.75, 3.05) is 37.6 Å². The second-order valence-electron chi connectivity index (χ2n) is 40.6. The van der Waals surface area contributed by atoms with Crippen LogP contribution in [0.15, 0.2) is 218 Å². The Morgan fingerprint density at radius 3 is 1.39 bits per heavy atom. The van der Waals surface area contributed by atoms with Crippen molar-refractivity contribution in [2.24, 2.45) is 28.2 Å². The molecule has 10 heterocycles. The number of likely N-dealkylation sites (tertiary alicyclic amines) is 2. The molecule has 0 radical (unpaired) electrons. The van der Waals surface area contributed by atoms with Crippen molar-refractivity contribution in [1.29, 1.82) is 0 Å². The zero-order valence-corrected chi connectivity index (χ0v) is 84.8. The molecule has 4 aliphatic rings. The second kappa shape index (κ2) is 44.8. The lowest BCUT2D eigenvalue weighted by Gasteiger charge is -2.39. The lowest BCUT2D eigenvalue weighted by atomic mass is 9.66. The highest BCUT2D eigenvalue weighted by Gasteiger charge is 2.47. The third-order valence-corrected chi connectivity index (χ3v) is 29.9. The van der Waals surface area contributed by atoms with Gasteiger partial charge in [-0.2, -0.15) is 0 Å². The van der Waals surface area contributed by atoms with Crippen molar-refractivity contribution in [3.8, 4) is 77.5 Å². The normalized spacial score (nSPS) is 16.7. The van der Waals surface area contributed by atoms with Gasteiger partial charge >= 0.3 is 5.97 Å². The Hall–Kier alpha value is -14.5. The molecule has 145 heavy (non-hydrogen) atoms. The number of carbonyl (C=O) groups is 8. The topological polar surface area (TPSA) is 469 Å². The number of rotatable bonds is 32. The summed E-state index contributed by atoms with van der Waals surface area (Å²) < 4.78 is 4.05. The number of imidazole rings is 2. The number of carboxylic acids is 1. The number of ketones is 1. The first-order chi connectivity index (χ1) is 69.5. The number of aliphatic carboxylic acids is 1. The Labute approximate surface area is 851 Å². The molecule has 0 spiro atoms. The molecule has 2 aliphatic heterocycles. The van der Waals surface area contributed by atoms with Crippen molar-refractivity contribution in [3.05, 3.63) is 262 Å². The number of β-amino-alcohol motifs (C(OH)–C–C–N with tert-alkyl or cyclic N) is 2. The van der Waals surface area contributed by atoms with Crippen LogP contribution < -0.4 is 44.2 Å². The van der Waals surface area contributed by atoms with Crippen LogP contribution in [-0.4, -0.2) is 178 Å². The molecule has 752 valence electrons. The average molecular weight is 1990 g/mol. The van der Waals surface area contributed by atoms with Crippen LogP contribution in [-0.2, 0) is 75.2 Å². The Morgan fingerprint density at radius 2 is 0.966 bits per heavy atom. The monoisotopic (exact) mass is 1990 g/mol. The number of aromatic nitrogens is 10. The Bertz CT molecular complexity index is 7060. The minimum absolute atomic E-state index is 0.0342. The van der Waals surface area contributed by atoms with Crippen molar-refractivity contribution in [3.63, 3.8) is 0 Å². The molecule has 6 amide bonds. The van der Waals surface area contributed by atoms with Crippen molar-refractivity contribution < 1.29 is 53.7 Å². The molecule has 0 unspecified atom stereocenters. The number of fused-ring (bicyclic) bond motifs is 2. The molecule has 2 aliphatic carbocycles. The zero-order chi connectivity index (χ0) is 103. The van der Waals surface area contributed by atoms with Gasteiger partial charge in [-0.15, -0.1) is 22.7 Å². The number of hydrogen-bond acceptors (Lipinski definition) is 24. The highest BCUT2D eigenvalue weighted by atomic mass is 32.1. The highest BCUT2D eigenvalue weighted by molar-refractivity contribution is 7.13. The minimum Gasteiger partial charge on any atom is -0.481 e. The summed E-state index contributed by atoms with van der Waals surface area (Å²) in [6.07, 6.45) is 10.1. The quantitative estimate of drug-likeness (QED) is 0.0186. The summed E-state index contributed by atoms with van der Waals surface area (Å²) in [5.74, 6) is -1.46. The van der Waals surface area contributed by atoms with Gasteiger partial charge in [0.15, 0.2) is 22.9 Å². The molecule has 31 nitrogen and oxygen atoms in total. The van der Waals surface area contributed by atoms with Crippen LogP contribution in [0.3, 0.4) is 0 Å². The number of pyridine rings is 4. The SMILES string of the molecule is CC1(c2ccc(-n3c(-c4cccnc4N)nc4ccc(-c5cccc(CCC(=O)O)c5)nc43)cc2)CCC1.Cc1ncsc1-c1ccc(CNC(=O)[C@@H]2C[C@@H](O)CN2C(=O)[C@@H](CC(=O)CCN)C(C)(C)C)cc1.Cc1ncsc1-c1ccc(CNC(=O)[C@@H]2C[C@@H](O)CN2C(=O)[C@@H](NC(=O)CCNC(=O)CCc2cccc(-c3ccc4nc(-c5cccnc5N)n(-c5ccc(C6(N)CCC6)cc5)c4n3)c2)C(C)(C)C)cc1. The van der Waals surface area contributed by atoms with Crippen molar-refractivity contribution >= 4 is 104 Å². The number of benzene rings is 6. The molecule has 2 saturated carbocycles. The standard InChI is InChI=1S/C55H61N11O5S.C31H29N5O2.C26H36N4O4S/c1-33-47(72-32-61-33)36-14-11-35(12-15-36)30-60-52(70)44-29-40(67)31-65(44)53(71)48(54(2,3)4)64-46(69)23-27-58-45(68)22-13-34-8-5-9-37(28-34)42-20-21-43-51(62-42)66(50(63-43)41-10-6-26-59-49(41)56)39-18-16-38(17-19-39)55(57)24-7-25-55;1-31(16-4-17-31)22-9-11-23(12-10-22)36-29(24-7-3-18-33-28(24)32)35-26-14-13-25(34-30(26)36)21-6-2-5-20(19-21)8-15-27(37)38;1-16-23(35-15-29-16)18-7-5-17(6-8-18)13-28-24(33)22-12-20(32)14-30(22)25(34)21(26(2,3)4)11-19(31)9-10-27/h5-6,8-12,14-21,26,28,32,40,44,48,67H,7,13,22-25,27,29-31,57H2,1-4H3,(H2,56,59)(H,58,68)(H,60,70)(H,64,69);2-3,5-7,9-14,18-19H,4,8,15-17H2,1H3,(H2,32,33)(H,37,38);5-8,15,20-22,32H,9-14,27H2,1-4H3,(H,28,33)/t40-,44+,48-;;20-,21-,22+/m1.1/s1. The first kappa shape index (κ1) is 103. The molecule has 2 saturated heterocycles. The molecular formula is C112H126N20O11S2. The fourth-order valence-electron chi connectivity index (χ4n) is 19.2. The number of nitrogens with zero attached hydrogens (tertiary/aromatic N) is 12. The molecule has 6 aromatic carbocycles. The van der Waals surface area contributed by atoms with E-state index in [1.807, 2.05) is 233 Å². The van der Waals surface area contributed by atoms with Gasteiger partial charge in [0.05, 0.1) is 66.9 Å². The number of aliphatic hydroxyl groups excluding tert-OH is 2. The summed E-state index contributed by atoms with van der Waals surface area (Å²) in [5.41, 5.74) is 46.8. The zero-order valence-electron chi connectivity index (χ0n) is 83.2. The number of nitrogens with one attached hydrogen (secondary N) is 4. The van der Waals surface area contributed by atoms with Crippen LogP contribution in [0.5, 0.6) is 0 Å². The maximum absolute atomic E-state index is 14.1. The van der Waals surface area contributed by atoms with Crippen molar-refractivity contribution in [1.82, 2.24) is 80.1 Å². The summed E-state index contributed by atoms with van der Waals surface area (Å²) in [4.78, 5) is 146. The Morgan fingerprint density at radius 1 is 0.497 bits per heavy atom. The molecule has 15 N–H and O–H groups in total. The number of anilines is 2. The van der Waals surface area contributed by atoms with E-state index in [1.54, 1.807) is 35.1 Å². The number of nitrogens with two attached hydrogens (primary N) is 4. The van der Waals surface area contributed by atoms with Gasteiger partial charge < -0.3 is 69.3 Å². The first-order valence-electron chi connectivity index (χ1n) is 49.4. The Balaban J connectivity index is 0.000000173. The predicted molar refractivity (Wildman–Crippen MR) is 565 cm³/mol. The fourth-order valence-corrected chi connectivity index (χ4v) is 20.8. The van der Waals surface area contributed by atoms with Gasteiger partial charge in [-0.3, -0.25) is 47.5 Å². The maximum Gasteiger partial charge on any atom is 0.303 e. The van der Waals surface area contributed by atoms with E-state index < -0.39 is 64.9 Å². The largest absolute Gasteiger partial charge is 0.481 e. The maximum atomic E-state index is 14.1. The Kier molecular flexibility index (Phi) is 31.9. The van der Waals surface area contributed by atoms with Gasteiger partial charge in [-0.05, 0) is 211 Å². The number of aliphatic hydroxyl groups is 2. The van der Waals surface area contributed by atoms with E-state index in [2.05, 4.69) is 84.5 Å². The number of carbonyl (C=O) groups excluding carboxylic acids is 7. The third kappa shape index (κ3) is 24.3. The number of Topliss-reactive ketones (excluding diaryl/α,β-unsaturated/α-hetero) is 1. The lowest BCUT2D eigenvalue weighted by molar-refractivity contribution is -0.146. The molecule has 4 fully saturated rings. The van der Waals surface area contributed by atoms with Crippen LogP contribution in [0.4, 0.5) is 11.6 Å². The molecule has 0 bridgehead atoms. The number of aryl methyl sites for hydroxylation is 4. The minimum atomic E-state index is -0.989. The van der Waals surface area contributed by atoms with Crippen LogP contribution in [0.25, 0.3) is 99.9 Å². The van der Waals surface area contributed by atoms with Crippen LogP contribution >= 0.6 is 22.7 Å². The summed E-state index contributed by atoms with van der Waals surface area (Å²) in [6, 6.07) is 61.2. The third-order valence-electron chi connectivity index (χ3n) is 28.0. The van der Waals surface area contributed by atoms with Gasteiger partial charge in [0.25, 0.3) is 0 Å². The van der Waals surface area contributed by atoms with E-state index in [9.17, 15) is 48.6 Å². The van der Waals surface area contributed by atoms with Gasteiger partial charge in [-0.1, -0.05) is 164 Å². The molecule has 8 aromatic heterocycles. The number of thiazole rings is 2. The van der Waals surface area contributed by atoms with E-state index in [-0.39, 0.29) is 118 Å². The molecule has 33 heteroatoms. The van der Waals surface area contributed by atoms with E-state index >= 15 is 0 Å². The van der Waals surface area contributed by atoms with E-state index in [0.717, 1.165) is 130 Å². The molecule has 6 atom stereocenters. The van der Waals surface area contributed by atoms with E-state index in [0.29, 0.717) is 59.4 Å². The molecule has 14 aromatic rings. The second-order valence-corrected chi connectivity index (χ2v) is 42.3. The lowest BCUT2D eigenvalue weighted by Crippen LogP contribution is -2.57. The van der Waals surface area contributed by atoms with Crippen molar-refractivity contribution in [2.45, 2.75) is 213 Å². The van der Waals surface area contributed by atoms with Crippen LogP contribution in [0.1, 0.15) is 177 Å². The molecular weight excluding hydrogens is 1870 g/mol. The predicted octanol–water partition coefficient (Wildman–Crippen LogP) is 15.6. The summed E-state index contributed by atoms with van der Waals surface area (Å²) in [5, 5.41) is 41.6. The fraction of sp³-hybridized carbons (Fsp3) is 0.357. The van der Waals surface area contributed by atoms with E-state index in [1.165, 1.54) is 34.6 Å². The molecule has 18 rings (SSSR count). The number of amides is 6. The smallest absolute Gasteiger partial charge is 0.303 e. The summed E-state index contributed by atoms with van der Waals surface area (Å²) >= 11 is 3.16. The van der Waals surface area contributed by atoms with Gasteiger partial charge in [0, 0.05) is 124 Å². The van der Waals surface area contributed by atoms with Gasteiger partial charge in [0.1, 0.15) is 46.6 Å². The number of hydrogen-bond donors (Lipinski definition) is 11. The summed E-state index contributed by atoms with van der Waals surface area (Å²) in [6.45, 7) is 18.4. The highest BCUT2D eigenvalue weighted by Crippen LogP contribution is 2.45. The number of nitrogen functional groups attached to an aromatic ring is 2. The van der Waals surface area contributed by atoms with Crippen LogP contribution in [0, 0.1) is 30.6 Å². The van der Waals surface area contributed by atoms with Gasteiger partial charge in [0.2, 0.25) is 35.4 Å². The number of carboxylic acid groups (broad SMARTS) is 1. The first-order valence-corrected chi connectivity index (χ1v) is 51.1. The van der Waals surface area contributed by atoms with Gasteiger partial charge in [-0.25, -0.2) is 39.9 Å². The van der Waals surface area contributed by atoms with E-state index in [4.69, 9.17) is 48.0 Å².